The van der Waals surface area contributed by atoms with Crippen LogP contribution in [0.2, 0.25) is 0 Å². The highest BCUT2D eigenvalue weighted by Gasteiger charge is 2.33. The van der Waals surface area contributed by atoms with E-state index < -0.39 is 0 Å². The van der Waals surface area contributed by atoms with Gasteiger partial charge >= 0.3 is 0 Å². The number of ether oxygens (including phenoxy) is 1. The van der Waals surface area contributed by atoms with E-state index in [1.807, 2.05) is 37.5 Å². The molecular weight excluding hydrogens is 602 g/mol. The SMILES string of the molecule is CC(C)(C)C=C(C#N)C(=O)N1CCC[C@@H]1Cn1c(NC(=O)c2ccc(-c3cnco3)s2)nc2cc(CNC3CCOCC3)ccc21. The molecule has 5 heterocycles. The van der Waals surface area contributed by atoms with E-state index in [1.54, 1.807) is 23.2 Å². The van der Waals surface area contributed by atoms with Gasteiger partial charge in [-0.25, -0.2) is 9.97 Å². The molecule has 0 unspecified atom stereocenters. The van der Waals surface area contributed by atoms with Crippen LogP contribution in [-0.2, 0) is 22.6 Å². The van der Waals surface area contributed by atoms with Crippen LogP contribution in [0.5, 0.6) is 0 Å². The summed E-state index contributed by atoms with van der Waals surface area (Å²) < 4.78 is 12.9. The molecule has 3 aromatic heterocycles. The quantitative estimate of drug-likeness (QED) is 0.174. The van der Waals surface area contributed by atoms with E-state index in [0.29, 0.717) is 42.3 Å². The Morgan fingerprint density at radius 3 is 2.74 bits per heavy atom. The summed E-state index contributed by atoms with van der Waals surface area (Å²) in [5.74, 6) is 0.471. The van der Waals surface area contributed by atoms with Gasteiger partial charge in [-0.3, -0.25) is 14.9 Å². The number of rotatable bonds is 9. The third-order valence-electron chi connectivity index (χ3n) is 8.32. The van der Waals surface area contributed by atoms with Gasteiger partial charge in [-0.1, -0.05) is 32.9 Å². The van der Waals surface area contributed by atoms with Crippen molar-refractivity contribution in [2.45, 2.75) is 71.6 Å². The van der Waals surface area contributed by atoms with Crippen molar-refractivity contribution in [1.29, 1.82) is 5.26 Å². The molecule has 12 heteroatoms. The molecule has 2 saturated heterocycles. The van der Waals surface area contributed by atoms with Crippen LogP contribution in [0.1, 0.15) is 61.7 Å². The second kappa shape index (κ2) is 13.6. The number of carbonyl (C=O) groups excluding carboxylic acids is 2. The normalized spacial score (nSPS) is 17.8. The lowest BCUT2D eigenvalue weighted by Gasteiger charge is -2.26. The number of likely N-dealkylation sites (tertiary alicyclic amines) is 1. The Morgan fingerprint density at radius 2 is 2.00 bits per heavy atom. The Bertz CT molecular complexity index is 1770. The first-order chi connectivity index (χ1) is 22.2. The number of oxazole rings is 1. The molecule has 0 saturated carbocycles. The van der Waals surface area contributed by atoms with E-state index in [9.17, 15) is 14.9 Å². The molecule has 4 aromatic rings. The van der Waals surface area contributed by atoms with Crippen molar-refractivity contribution < 1.29 is 18.7 Å². The minimum Gasteiger partial charge on any atom is -0.443 e. The minimum atomic E-state index is -0.305. The van der Waals surface area contributed by atoms with Crippen LogP contribution < -0.4 is 10.6 Å². The number of allylic oxidation sites excluding steroid dienone is 1. The van der Waals surface area contributed by atoms with Gasteiger partial charge in [0.1, 0.15) is 11.6 Å². The summed E-state index contributed by atoms with van der Waals surface area (Å²) in [6.45, 7) is 9.18. The topological polar surface area (TPSA) is 138 Å². The van der Waals surface area contributed by atoms with Gasteiger partial charge in [0.25, 0.3) is 11.8 Å². The summed E-state index contributed by atoms with van der Waals surface area (Å²) in [6, 6.07) is 12.1. The molecule has 2 N–H and O–H groups in total. The maximum Gasteiger partial charge on any atom is 0.268 e. The van der Waals surface area contributed by atoms with E-state index in [1.165, 1.54) is 17.7 Å². The van der Waals surface area contributed by atoms with E-state index in [-0.39, 0.29) is 28.8 Å². The number of anilines is 1. The van der Waals surface area contributed by atoms with Gasteiger partial charge < -0.3 is 23.9 Å². The first kappa shape index (κ1) is 31.7. The minimum absolute atomic E-state index is 0.158. The first-order valence-corrected chi connectivity index (χ1v) is 16.5. The number of fused-ring (bicyclic) bond motifs is 1. The second-order valence-corrected chi connectivity index (χ2v) is 14.0. The van der Waals surface area contributed by atoms with Crippen molar-refractivity contribution in [3.05, 3.63) is 65.0 Å². The molecule has 6 rings (SSSR count). The Kier molecular flexibility index (Phi) is 9.35. The molecular formula is C34H39N7O4S. The van der Waals surface area contributed by atoms with Crippen molar-refractivity contribution in [3.63, 3.8) is 0 Å². The van der Waals surface area contributed by atoms with Gasteiger partial charge in [0.15, 0.2) is 12.2 Å². The number of hydrogen-bond acceptors (Lipinski definition) is 9. The smallest absolute Gasteiger partial charge is 0.268 e. The van der Waals surface area contributed by atoms with Crippen molar-refractivity contribution in [1.82, 2.24) is 24.8 Å². The van der Waals surface area contributed by atoms with Gasteiger partial charge in [-0.15, -0.1) is 11.3 Å². The van der Waals surface area contributed by atoms with E-state index >= 15 is 0 Å². The molecule has 0 radical (unpaired) electrons. The van der Waals surface area contributed by atoms with Crippen LogP contribution in [0.15, 0.2) is 59.0 Å². The van der Waals surface area contributed by atoms with E-state index in [0.717, 1.165) is 60.4 Å². The summed E-state index contributed by atoms with van der Waals surface area (Å²) in [5.41, 5.74) is 2.57. The molecule has 0 spiro atoms. The monoisotopic (exact) mass is 641 g/mol. The maximum atomic E-state index is 13.6. The predicted octanol–water partition coefficient (Wildman–Crippen LogP) is 5.76. The largest absolute Gasteiger partial charge is 0.443 e. The van der Waals surface area contributed by atoms with Crippen LogP contribution in [0.25, 0.3) is 21.7 Å². The zero-order valence-corrected chi connectivity index (χ0v) is 27.2. The number of thiophene rings is 1. The van der Waals surface area contributed by atoms with Crippen LogP contribution in [0, 0.1) is 16.7 Å². The highest BCUT2D eigenvalue weighted by Crippen LogP contribution is 2.31. The Hall–Kier alpha value is -4.31. The second-order valence-electron chi connectivity index (χ2n) is 13.0. The number of nitriles is 1. The number of carbonyl (C=O) groups is 2. The summed E-state index contributed by atoms with van der Waals surface area (Å²) in [4.78, 5) is 39.1. The number of amides is 2. The zero-order chi connectivity index (χ0) is 32.3. The molecule has 240 valence electrons. The lowest BCUT2D eigenvalue weighted by atomic mass is 9.93. The molecule has 11 nitrogen and oxygen atoms in total. The molecule has 1 atom stereocenters. The Morgan fingerprint density at radius 1 is 1.17 bits per heavy atom. The summed E-state index contributed by atoms with van der Waals surface area (Å²) >= 11 is 1.31. The number of hydrogen-bond donors (Lipinski definition) is 2. The third-order valence-corrected chi connectivity index (χ3v) is 9.42. The molecule has 0 aliphatic carbocycles. The van der Waals surface area contributed by atoms with Crippen molar-refractivity contribution in [2.24, 2.45) is 5.41 Å². The number of nitrogens with one attached hydrogen (secondary N) is 2. The number of benzene rings is 1. The van der Waals surface area contributed by atoms with Crippen molar-refractivity contribution in [3.8, 4) is 16.7 Å². The van der Waals surface area contributed by atoms with Gasteiger partial charge in [0.2, 0.25) is 5.95 Å². The van der Waals surface area contributed by atoms with E-state index in [2.05, 4.69) is 33.8 Å². The van der Waals surface area contributed by atoms with Crippen LogP contribution in [-0.4, -0.2) is 63.1 Å². The van der Waals surface area contributed by atoms with Gasteiger partial charge in [0.05, 0.1) is 33.0 Å². The van der Waals surface area contributed by atoms with Gasteiger partial charge in [-0.05, 0) is 60.9 Å². The van der Waals surface area contributed by atoms with Crippen LogP contribution in [0.3, 0.4) is 0 Å². The Labute approximate surface area is 272 Å². The molecule has 2 aliphatic rings. The molecule has 2 amide bonds. The highest BCUT2D eigenvalue weighted by molar-refractivity contribution is 7.17. The lowest BCUT2D eigenvalue weighted by Crippen LogP contribution is -2.39. The van der Waals surface area contributed by atoms with Crippen molar-refractivity contribution in [2.75, 3.05) is 25.1 Å². The Balaban J connectivity index is 1.28. The molecule has 1 aromatic carbocycles. The lowest BCUT2D eigenvalue weighted by molar-refractivity contribution is -0.127. The fourth-order valence-corrected chi connectivity index (χ4v) is 6.91. The van der Waals surface area contributed by atoms with E-state index in [4.69, 9.17) is 14.1 Å². The average Bonchev–Trinajstić information content (AvgIpc) is 3.86. The number of nitrogens with zero attached hydrogens (tertiary/aromatic N) is 5. The number of aromatic nitrogens is 3. The average molecular weight is 642 g/mol. The molecule has 2 aliphatic heterocycles. The third kappa shape index (κ3) is 7.22. The highest BCUT2D eigenvalue weighted by atomic mass is 32.1. The van der Waals surface area contributed by atoms with Gasteiger partial charge in [0, 0.05) is 38.9 Å². The maximum absolute atomic E-state index is 13.6. The summed E-state index contributed by atoms with van der Waals surface area (Å²) in [7, 11) is 0. The molecule has 0 bridgehead atoms. The number of imidazole rings is 1. The summed E-state index contributed by atoms with van der Waals surface area (Å²) in [6.07, 6.45) is 8.32. The zero-order valence-electron chi connectivity index (χ0n) is 26.4. The summed E-state index contributed by atoms with van der Waals surface area (Å²) in [5, 5.41) is 16.5. The van der Waals surface area contributed by atoms with Crippen molar-refractivity contribution >= 4 is 40.1 Å². The molecule has 46 heavy (non-hydrogen) atoms. The van der Waals surface area contributed by atoms with Crippen LogP contribution >= 0.6 is 11.3 Å². The standard InChI is InChI=1S/C34H39N7O4S/c1-34(2,3)16-23(17-35)32(43)40-12-4-5-25(40)20-41-27-7-6-22(18-37-24-10-13-44-14-11-24)15-26(27)38-33(41)39-31(42)30-9-8-29(46-30)28-19-36-21-45-28/h6-9,15-16,19,21,24-25,37H,4-5,10-14,18,20H2,1-3H3,(H,38,39,42)/t25-/m1/s1. The van der Waals surface area contributed by atoms with Gasteiger partial charge in [-0.2, -0.15) is 5.26 Å². The fourth-order valence-electron chi connectivity index (χ4n) is 6.06. The van der Waals surface area contributed by atoms with Crippen LogP contribution in [0.4, 0.5) is 5.95 Å². The predicted molar refractivity (Wildman–Crippen MR) is 176 cm³/mol. The molecule has 2 fully saturated rings. The first-order valence-electron chi connectivity index (χ1n) is 15.7. The fraction of sp³-hybridized carbons (Fsp3) is 0.441.